The molecule has 2 N–H and O–H groups in total. The standard InChI is InChI=1S/C29H40ClN7O/c1-29(12-16-38-17-13-29)35-27-31-19-25-26(34-27)37(28(33-25)32-23-7-5-6-22(30)18-23)24-10-8-21(9-11-24)20-36-14-3-2-4-15-36/h5-7,18-19,21,24H,2-4,8-17,20H2,1H3,(H,32,33)(H,31,34,35)/t21-,24+. The van der Waals surface area contributed by atoms with Crippen LogP contribution in [-0.2, 0) is 4.74 Å². The number of anilines is 3. The lowest BCUT2D eigenvalue weighted by Gasteiger charge is -2.35. The van der Waals surface area contributed by atoms with Gasteiger partial charge in [0.25, 0.3) is 0 Å². The number of hydrogen-bond donors (Lipinski definition) is 2. The molecule has 0 bridgehead atoms. The van der Waals surface area contributed by atoms with Crippen LogP contribution in [0.2, 0.25) is 5.02 Å². The third-order valence-corrected chi connectivity index (χ3v) is 8.91. The number of likely N-dealkylation sites (tertiary alicyclic amines) is 1. The van der Waals surface area contributed by atoms with E-state index in [1.807, 2.05) is 30.5 Å². The fourth-order valence-corrected chi connectivity index (χ4v) is 6.58. The maximum atomic E-state index is 6.29. The second-order valence-electron chi connectivity index (χ2n) is 11.7. The Balaban J connectivity index is 1.26. The molecule has 2 aliphatic heterocycles. The Bertz CT molecular complexity index is 1230. The van der Waals surface area contributed by atoms with Crippen molar-refractivity contribution in [3.05, 3.63) is 35.5 Å². The highest BCUT2D eigenvalue weighted by atomic mass is 35.5. The smallest absolute Gasteiger partial charge is 0.225 e. The number of nitrogens with one attached hydrogen (secondary N) is 2. The van der Waals surface area contributed by atoms with E-state index >= 15 is 0 Å². The third kappa shape index (κ3) is 5.92. The number of aromatic nitrogens is 4. The van der Waals surface area contributed by atoms with Gasteiger partial charge in [-0.3, -0.25) is 4.57 Å². The Morgan fingerprint density at radius 3 is 2.61 bits per heavy atom. The first-order chi connectivity index (χ1) is 18.5. The highest BCUT2D eigenvalue weighted by Crippen LogP contribution is 2.38. The summed E-state index contributed by atoms with van der Waals surface area (Å²) in [4.78, 5) is 17.3. The summed E-state index contributed by atoms with van der Waals surface area (Å²) in [6.07, 6.45) is 12.6. The largest absolute Gasteiger partial charge is 0.381 e. The van der Waals surface area contributed by atoms with E-state index in [0.29, 0.717) is 17.0 Å². The summed E-state index contributed by atoms with van der Waals surface area (Å²) < 4.78 is 7.91. The molecule has 204 valence electrons. The van der Waals surface area contributed by atoms with Crippen molar-refractivity contribution in [2.24, 2.45) is 5.92 Å². The highest BCUT2D eigenvalue weighted by molar-refractivity contribution is 6.30. The van der Waals surface area contributed by atoms with Crippen LogP contribution in [0.25, 0.3) is 11.2 Å². The number of imidazole rings is 1. The molecule has 1 aliphatic carbocycles. The minimum absolute atomic E-state index is 0.0643. The first kappa shape index (κ1) is 25.8. The summed E-state index contributed by atoms with van der Waals surface area (Å²) in [5.74, 6) is 2.26. The number of halogens is 1. The molecule has 9 heteroatoms. The third-order valence-electron chi connectivity index (χ3n) is 8.67. The van der Waals surface area contributed by atoms with Crippen LogP contribution in [0.3, 0.4) is 0 Å². The van der Waals surface area contributed by atoms with Gasteiger partial charge in [0.15, 0.2) is 5.65 Å². The van der Waals surface area contributed by atoms with E-state index in [4.69, 9.17) is 26.3 Å². The van der Waals surface area contributed by atoms with Gasteiger partial charge in [-0.2, -0.15) is 4.98 Å². The molecule has 8 nitrogen and oxygen atoms in total. The Kier molecular flexibility index (Phi) is 7.73. The van der Waals surface area contributed by atoms with Crippen molar-refractivity contribution in [1.29, 1.82) is 0 Å². The number of ether oxygens (including phenoxy) is 1. The molecule has 3 aliphatic rings. The van der Waals surface area contributed by atoms with Crippen molar-refractivity contribution in [1.82, 2.24) is 24.4 Å². The lowest BCUT2D eigenvalue weighted by molar-refractivity contribution is 0.0656. The van der Waals surface area contributed by atoms with Gasteiger partial charge in [-0.05, 0) is 95.5 Å². The number of fused-ring (bicyclic) bond motifs is 1. The summed E-state index contributed by atoms with van der Waals surface area (Å²) in [6.45, 7) is 7.56. The quantitative estimate of drug-likeness (QED) is 0.360. The van der Waals surface area contributed by atoms with Gasteiger partial charge in [0, 0.05) is 42.0 Å². The maximum absolute atomic E-state index is 6.29. The van der Waals surface area contributed by atoms with Gasteiger partial charge in [-0.1, -0.05) is 24.1 Å². The van der Waals surface area contributed by atoms with E-state index in [9.17, 15) is 0 Å². The maximum Gasteiger partial charge on any atom is 0.225 e. The summed E-state index contributed by atoms with van der Waals surface area (Å²) >= 11 is 6.29. The fourth-order valence-electron chi connectivity index (χ4n) is 6.39. The molecule has 2 saturated heterocycles. The van der Waals surface area contributed by atoms with Crippen molar-refractivity contribution in [2.75, 3.05) is 43.5 Å². The van der Waals surface area contributed by atoms with Gasteiger partial charge in [0.2, 0.25) is 11.9 Å². The van der Waals surface area contributed by atoms with Crippen LogP contribution in [0, 0.1) is 5.92 Å². The molecule has 2 aromatic heterocycles. The number of piperidine rings is 1. The van der Waals surface area contributed by atoms with Gasteiger partial charge in [0.1, 0.15) is 5.52 Å². The average molecular weight is 538 g/mol. The topological polar surface area (TPSA) is 80.1 Å². The van der Waals surface area contributed by atoms with Crippen LogP contribution in [0.5, 0.6) is 0 Å². The zero-order chi connectivity index (χ0) is 26.0. The normalized spacial score (nSPS) is 24.4. The Hall–Kier alpha value is -2.42. The summed E-state index contributed by atoms with van der Waals surface area (Å²) in [6, 6.07) is 8.15. The van der Waals surface area contributed by atoms with Crippen LogP contribution in [0.4, 0.5) is 17.6 Å². The van der Waals surface area contributed by atoms with Crippen LogP contribution >= 0.6 is 11.6 Å². The average Bonchev–Trinajstić information content (AvgIpc) is 3.27. The Morgan fingerprint density at radius 1 is 1.05 bits per heavy atom. The van der Waals surface area contributed by atoms with Crippen molar-refractivity contribution >= 4 is 40.3 Å². The zero-order valence-electron chi connectivity index (χ0n) is 22.5. The van der Waals surface area contributed by atoms with Gasteiger partial charge >= 0.3 is 0 Å². The zero-order valence-corrected chi connectivity index (χ0v) is 23.2. The molecule has 1 saturated carbocycles. The first-order valence-corrected chi connectivity index (χ1v) is 14.8. The highest BCUT2D eigenvalue weighted by Gasteiger charge is 2.30. The summed E-state index contributed by atoms with van der Waals surface area (Å²) in [7, 11) is 0. The van der Waals surface area contributed by atoms with E-state index in [0.717, 1.165) is 67.6 Å². The first-order valence-electron chi connectivity index (χ1n) is 14.4. The van der Waals surface area contributed by atoms with E-state index < -0.39 is 0 Å². The van der Waals surface area contributed by atoms with Gasteiger partial charge in [0.05, 0.1) is 6.20 Å². The molecule has 1 aromatic carbocycles. The molecule has 0 amide bonds. The predicted molar refractivity (Wildman–Crippen MR) is 153 cm³/mol. The van der Waals surface area contributed by atoms with Crippen LogP contribution in [-0.4, -0.2) is 62.8 Å². The van der Waals surface area contributed by atoms with Crippen molar-refractivity contribution < 1.29 is 4.74 Å². The fraction of sp³-hybridized carbons (Fsp3) is 0.621. The number of hydrogen-bond acceptors (Lipinski definition) is 7. The van der Waals surface area contributed by atoms with Gasteiger partial charge in [-0.25, -0.2) is 9.97 Å². The predicted octanol–water partition coefficient (Wildman–Crippen LogP) is 6.42. The molecule has 4 heterocycles. The molecule has 38 heavy (non-hydrogen) atoms. The molecule has 0 radical (unpaired) electrons. The lowest BCUT2D eigenvalue weighted by atomic mass is 9.85. The minimum Gasteiger partial charge on any atom is -0.381 e. The van der Waals surface area contributed by atoms with Crippen LogP contribution in [0.1, 0.15) is 70.8 Å². The Morgan fingerprint density at radius 2 is 1.84 bits per heavy atom. The summed E-state index contributed by atoms with van der Waals surface area (Å²) in [5.41, 5.74) is 2.56. The SMILES string of the molecule is CC1(Nc2ncc3nc(Nc4cccc(Cl)c4)n([C@H]4CC[C@@H](CN5CCCCC5)CC4)c3n2)CCOCC1. The van der Waals surface area contributed by atoms with E-state index in [1.54, 1.807) is 0 Å². The van der Waals surface area contributed by atoms with Gasteiger partial charge in [-0.15, -0.1) is 0 Å². The number of nitrogens with zero attached hydrogens (tertiary/aromatic N) is 5. The molecule has 0 unspecified atom stereocenters. The van der Waals surface area contributed by atoms with Crippen LogP contribution < -0.4 is 10.6 Å². The number of rotatable bonds is 7. The molecular formula is C29H40ClN7O. The van der Waals surface area contributed by atoms with Crippen molar-refractivity contribution in [2.45, 2.75) is 76.3 Å². The second-order valence-corrected chi connectivity index (χ2v) is 12.1. The lowest BCUT2D eigenvalue weighted by Crippen LogP contribution is -2.41. The van der Waals surface area contributed by atoms with E-state index in [-0.39, 0.29) is 5.54 Å². The molecule has 0 atom stereocenters. The molecule has 3 aromatic rings. The van der Waals surface area contributed by atoms with Crippen molar-refractivity contribution in [3.8, 4) is 0 Å². The van der Waals surface area contributed by atoms with Gasteiger partial charge < -0.3 is 20.3 Å². The Labute approximate surface area is 230 Å². The monoisotopic (exact) mass is 537 g/mol. The minimum atomic E-state index is -0.0643. The summed E-state index contributed by atoms with van der Waals surface area (Å²) in [5, 5.41) is 7.85. The molecule has 3 fully saturated rings. The van der Waals surface area contributed by atoms with Crippen LogP contribution in [0.15, 0.2) is 30.5 Å². The molecule has 6 rings (SSSR count). The molecule has 0 spiro atoms. The second kappa shape index (κ2) is 11.4. The molecular weight excluding hydrogens is 498 g/mol. The number of benzene rings is 1. The van der Waals surface area contributed by atoms with Crippen molar-refractivity contribution in [3.63, 3.8) is 0 Å². The van der Waals surface area contributed by atoms with E-state index in [1.165, 1.54) is 51.7 Å². The van der Waals surface area contributed by atoms with E-state index in [2.05, 4.69) is 32.0 Å².